The number of ether oxygens (including phenoxy) is 1. The first-order valence-corrected chi connectivity index (χ1v) is 12.5. The minimum absolute atomic E-state index is 0.154. The standard InChI is InChI=1S/C28H21ClN4O2S/c29-25-14-8-7-13-24(25)27-31-32-28(33(27)21-9-3-1-4-10-21)36-19-26(34)30-20-15-17-23(18-16-20)35-22-11-5-2-6-12-22/h1-18H,19H2,(H,30,34). The Balaban J connectivity index is 1.28. The topological polar surface area (TPSA) is 69.0 Å². The van der Waals surface area contributed by atoms with Gasteiger partial charge in [0.2, 0.25) is 5.91 Å². The first kappa shape index (κ1) is 23.7. The van der Waals surface area contributed by atoms with Crippen molar-refractivity contribution in [3.63, 3.8) is 0 Å². The number of aromatic nitrogens is 3. The molecule has 0 saturated heterocycles. The van der Waals surface area contributed by atoms with Gasteiger partial charge in [-0.15, -0.1) is 10.2 Å². The molecule has 0 fully saturated rings. The highest BCUT2D eigenvalue weighted by Crippen LogP contribution is 2.32. The second kappa shape index (κ2) is 11.1. The monoisotopic (exact) mass is 512 g/mol. The van der Waals surface area contributed by atoms with Gasteiger partial charge in [-0.2, -0.15) is 0 Å². The van der Waals surface area contributed by atoms with Gasteiger partial charge in [-0.25, -0.2) is 0 Å². The Kier molecular flexibility index (Phi) is 7.30. The molecular weight excluding hydrogens is 492 g/mol. The Bertz CT molecular complexity index is 1460. The van der Waals surface area contributed by atoms with Gasteiger partial charge in [0.1, 0.15) is 11.5 Å². The maximum absolute atomic E-state index is 12.7. The predicted octanol–water partition coefficient (Wildman–Crippen LogP) is 7.11. The van der Waals surface area contributed by atoms with Crippen LogP contribution in [0, 0.1) is 0 Å². The number of hydrogen-bond acceptors (Lipinski definition) is 5. The third-order valence-corrected chi connectivity index (χ3v) is 6.47. The second-order valence-corrected chi connectivity index (χ2v) is 9.08. The molecule has 178 valence electrons. The van der Waals surface area contributed by atoms with Crippen LogP contribution in [0.2, 0.25) is 5.02 Å². The van der Waals surface area contributed by atoms with Crippen molar-refractivity contribution in [2.24, 2.45) is 0 Å². The van der Waals surface area contributed by atoms with Crippen LogP contribution in [0.15, 0.2) is 114 Å². The molecule has 5 rings (SSSR count). The van der Waals surface area contributed by atoms with Gasteiger partial charge in [0, 0.05) is 16.9 Å². The largest absolute Gasteiger partial charge is 0.457 e. The fourth-order valence-corrected chi connectivity index (χ4v) is 4.52. The van der Waals surface area contributed by atoms with E-state index in [4.69, 9.17) is 16.3 Å². The number of carbonyl (C=O) groups excluding carboxylic acids is 1. The molecule has 0 unspecified atom stereocenters. The van der Waals surface area contributed by atoms with Gasteiger partial charge in [0.25, 0.3) is 0 Å². The molecular formula is C28H21ClN4O2S. The van der Waals surface area contributed by atoms with Gasteiger partial charge in [-0.05, 0) is 60.7 Å². The molecule has 0 aliphatic heterocycles. The number of nitrogens with one attached hydrogen (secondary N) is 1. The summed E-state index contributed by atoms with van der Waals surface area (Å²) < 4.78 is 7.71. The zero-order chi connectivity index (χ0) is 24.7. The van der Waals surface area contributed by atoms with Crippen LogP contribution < -0.4 is 10.1 Å². The summed E-state index contributed by atoms with van der Waals surface area (Å²) in [6.45, 7) is 0. The molecule has 6 nitrogen and oxygen atoms in total. The summed E-state index contributed by atoms with van der Waals surface area (Å²) in [7, 11) is 0. The van der Waals surface area contributed by atoms with E-state index in [1.165, 1.54) is 11.8 Å². The third-order valence-electron chi connectivity index (χ3n) is 5.21. The third kappa shape index (κ3) is 5.59. The molecule has 0 aliphatic rings. The number of amides is 1. The molecule has 1 heterocycles. The second-order valence-electron chi connectivity index (χ2n) is 7.73. The molecule has 8 heteroatoms. The fourth-order valence-electron chi connectivity index (χ4n) is 3.55. The van der Waals surface area contributed by atoms with Crippen molar-refractivity contribution in [1.29, 1.82) is 0 Å². The Morgan fingerprint density at radius 1 is 0.806 bits per heavy atom. The van der Waals surface area contributed by atoms with Crippen LogP contribution in [-0.4, -0.2) is 26.4 Å². The normalized spacial score (nSPS) is 10.7. The van der Waals surface area contributed by atoms with Gasteiger partial charge >= 0.3 is 0 Å². The van der Waals surface area contributed by atoms with Crippen LogP contribution >= 0.6 is 23.4 Å². The van der Waals surface area contributed by atoms with E-state index in [1.54, 1.807) is 0 Å². The molecule has 0 bridgehead atoms. The minimum atomic E-state index is -0.154. The molecule has 0 aliphatic carbocycles. The Hall–Kier alpha value is -4.07. The van der Waals surface area contributed by atoms with Gasteiger partial charge < -0.3 is 10.1 Å². The molecule has 1 aromatic heterocycles. The minimum Gasteiger partial charge on any atom is -0.457 e. The molecule has 0 atom stereocenters. The van der Waals surface area contributed by atoms with Crippen LogP contribution in [0.25, 0.3) is 17.1 Å². The highest BCUT2D eigenvalue weighted by atomic mass is 35.5. The maximum Gasteiger partial charge on any atom is 0.234 e. The van der Waals surface area contributed by atoms with E-state index < -0.39 is 0 Å². The van der Waals surface area contributed by atoms with E-state index in [9.17, 15) is 4.79 Å². The fraction of sp³-hybridized carbons (Fsp3) is 0.0357. The van der Waals surface area contributed by atoms with Gasteiger partial charge in [-0.3, -0.25) is 9.36 Å². The van der Waals surface area contributed by atoms with Crippen molar-refractivity contribution in [2.45, 2.75) is 5.16 Å². The van der Waals surface area contributed by atoms with Gasteiger partial charge in [0.15, 0.2) is 11.0 Å². The molecule has 5 aromatic rings. The van der Waals surface area contributed by atoms with Crippen LogP contribution in [0.1, 0.15) is 0 Å². The summed E-state index contributed by atoms with van der Waals surface area (Å²) in [5.74, 6) is 2.07. The Morgan fingerprint density at radius 3 is 2.17 bits per heavy atom. The smallest absolute Gasteiger partial charge is 0.234 e. The molecule has 0 saturated carbocycles. The Morgan fingerprint density at radius 2 is 1.44 bits per heavy atom. The number of carbonyl (C=O) groups is 1. The number of nitrogens with zero attached hydrogens (tertiary/aromatic N) is 3. The van der Waals surface area contributed by atoms with Crippen molar-refractivity contribution in [2.75, 3.05) is 11.1 Å². The average molecular weight is 513 g/mol. The van der Waals surface area contributed by atoms with Gasteiger partial charge in [0.05, 0.1) is 10.8 Å². The molecule has 4 aromatic carbocycles. The summed E-state index contributed by atoms with van der Waals surface area (Å²) in [6, 6.07) is 34.0. The van der Waals surface area contributed by atoms with Crippen LogP contribution in [0.3, 0.4) is 0 Å². The summed E-state index contributed by atoms with van der Waals surface area (Å²) in [6.07, 6.45) is 0. The van der Waals surface area contributed by atoms with Crippen molar-refractivity contribution < 1.29 is 9.53 Å². The van der Waals surface area contributed by atoms with Crippen LogP contribution in [0.5, 0.6) is 11.5 Å². The van der Waals surface area contributed by atoms with Crippen molar-refractivity contribution in [3.8, 4) is 28.6 Å². The van der Waals surface area contributed by atoms with E-state index in [0.29, 0.717) is 27.4 Å². The number of benzene rings is 4. The van der Waals surface area contributed by atoms with E-state index in [-0.39, 0.29) is 11.7 Å². The molecule has 1 amide bonds. The summed E-state index contributed by atoms with van der Waals surface area (Å²) in [5.41, 5.74) is 2.33. The van der Waals surface area contributed by atoms with E-state index in [2.05, 4.69) is 15.5 Å². The summed E-state index contributed by atoms with van der Waals surface area (Å²) >= 11 is 7.75. The average Bonchev–Trinajstić information content (AvgIpc) is 3.34. The number of anilines is 1. The quantitative estimate of drug-likeness (QED) is 0.224. The molecule has 0 radical (unpaired) electrons. The lowest BCUT2D eigenvalue weighted by molar-refractivity contribution is -0.113. The highest BCUT2D eigenvalue weighted by molar-refractivity contribution is 7.99. The number of thioether (sulfide) groups is 1. The lowest BCUT2D eigenvalue weighted by Gasteiger charge is -2.11. The van der Waals surface area contributed by atoms with E-state index in [1.807, 2.05) is 114 Å². The molecule has 0 spiro atoms. The van der Waals surface area contributed by atoms with E-state index >= 15 is 0 Å². The maximum atomic E-state index is 12.7. The zero-order valence-corrected chi connectivity index (χ0v) is 20.6. The number of halogens is 1. The van der Waals surface area contributed by atoms with Crippen LogP contribution in [-0.2, 0) is 4.79 Å². The van der Waals surface area contributed by atoms with Gasteiger partial charge in [-0.1, -0.05) is 71.9 Å². The van der Waals surface area contributed by atoms with Crippen LogP contribution in [0.4, 0.5) is 5.69 Å². The zero-order valence-electron chi connectivity index (χ0n) is 19.0. The number of hydrogen-bond donors (Lipinski definition) is 1. The number of para-hydroxylation sites is 2. The van der Waals surface area contributed by atoms with E-state index in [0.717, 1.165) is 17.0 Å². The molecule has 1 N–H and O–H groups in total. The first-order valence-electron chi connectivity index (χ1n) is 11.2. The van der Waals surface area contributed by atoms with Crippen molar-refractivity contribution in [1.82, 2.24) is 14.8 Å². The SMILES string of the molecule is O=C(CSc1nnc(-c2ccccc2Cl)n1-c1ccccc1)Nc1ccc(Oc2ccccc2)cc1. The highest BCUT2D eigenvalue weighted by Gasteiger charge is 2.19. The van der Waals surface area contributed by atoms with Crippen molar-refractivity contribution >= 4 is 35.0 Å². The Labute approximate surface area is 217 Å². The summed E-state index contributed by atoms with van der Waals surface area (Å²) in [4.78, 5) is 12.7. The lowest BCUT2D eigenvalue weighted by Crippen LogP contribution is -2.14. The summed E-state index contributed by atoms with van der Waals surface area (Å²) in [5, 5.41) is 12.8. The number of rotatable bonds is 8. The predicted molar refractivity (Wildman–Crippen MR) is 144 cm³/mol. The lowest BCUT2D eigenvalue weighted by atomic mass is 10.2. The molecule has 36 heavy (non-hydrogen) atoms. The first-order chi connectivity index (χ1) is 17.7. The van der Waals surface area contributed by atoms with Crippen molar-refractivity contribution in [3.05, 3.63) is 114 Å².